The van der Waals surface area contributed by atoms with E-state index in [4.69, 9.17) is 18.9 Å². The molecule has 6 amide bonds. The Morgan fingerprint density at radius 2 is 1.56 bits per heavy atom. The Kier molecular flexibility index (Phi) is 20.6. The Labute approximate surface area is 438 Å². The van der Waals surface area contributed by atoms with Crippen molar-refractivity contribution >= 4 is 64.0 Å². The first-order valence-electron chi connectivity index (χ1n) is 24.2. The van der Waals surface area contributed by atoms with E-state index in [0.717, 1.165) is 21.7 Å². The molecular weight excluding hydrogens is 991 g/mol. The lowest BCUT2D eigenvalue weighted by Crippen LogP contribution is -2.57. The molecule has 1 saturated heterocycles. The van der Waals surface area contributed by atoms with Crippen LogP contribution in [0.4, 0.5) is 17.2 Å². The summed E-state index contributed by atoms with van der Waals surface area (Å²) in [5.41, 5.74) is 5.16. The minimum atomic E-state index is -0.972. The Balaban J connectivity index is 0.836. The van der Waals surface area contributed by atoms with Gasteiger partial charge in [-0.2, -0.15) is 5.10 Å². The number of para-hydroxylation sites is 1. The third-order valence-electron chi connectivity index (χ3n) is 11.7. The van der Waals surface area contributed by atoms with Gasteiger partial charge in [0.2, 0.25) is 29.5 Å². The highest BCUT2D eigenvalue weighted by molar-refractivity contribution is 7.13. The van der Waals surface area contributed by atoms with Gasteiger partial charge >= 0.3 is 0 Å². The molecule has 1 aliphatic rings. The van der Waals surface area contributed by atoms with E-state index in [9.17, 15) is 33.9 Å². The van der Waals surface area contributed by atoms with Crippen molar-refractivity contribution in [3.05, 3.63) is 77.3 Å². The van der Waals surface area contributed by atoms with Crippen LogP contribution in [-0.4, -0.2) is 160 Å². The van der Waals surface area contributed by atoms with Gasteiger partial charge < -0.3 is 60.9 Å². The van der Waals surface area contributed by atoms with Crippen LogP contribution >= 0.6 is 11.3 Å². The zero-order chi connectivity index (χ0) is 54.1. The Bertz CT molecular complexity index is 2760. The molecule has 3 atom stereocenters. The molecule has 0 unspecified atom stereocenters. The molecule has 0 bridgehead atoms. The molecule has 0 radical (unpaired) electrons. The van der Waals surface area contributed by atoms with Crippen molar-refractivity contribution in [2.75, 3.05) is 77.5 Å². The molecule has 24 nitrogen and oxygen atoms in total. The van der Waals surface area contributed by atoms with E-state index < -0.39 is 53.1 Å². The fourth-order valence-corrected chi connectivity index (χ4v) is 8.62. The highest BCUT2D eigenvalue weighted by Gasteiger charge is 2.44. The van der Waals surface area contributed by atoms with Crippen molar-refractivity contribution < 1.29 is 52.8 Å². The largest absolute Gasteiger partial charge is 0.494 e. The van der Waals surface area contributed by atoms with Gasteiger partial charge in [0.25, 0.3) is 5.91 Å². The quantitative estimate of drug-likeness (QED) is 0.0392. The lowest BCUT2D eigenvalue weighted by atomic mass is 9.85. The molecule has 75 heavy (non-hydrogen) atoms. The smallest absolute Gasteiger partial charge is 0.273 e. The number of aliphatic hydroxyl groups excluding tert-OH is 1. The van der Waals surface area contributed by atoms with Crippen LogP contribution in [0.1, 0.15) is 61.8 Å². The van der Waals surface area contributed by atoms with Crippen molar-refractivity contribution in [3.8, 4) is 27.6 Å². The molecule has 0 saturated carbocycles. The first-order valence-corrected chi connectivity index (χ1v) is 25.1. The second kappa shape index (κ2) is 27.2. The van der Waals surface area contributed by atoms with E-state index in [1.807, 2.05) is 52.0 Å². The lowest BCUT2D eigenvalue weighted by molar-refractivity contribution is -0.144. The van der Waals surface area contributed by atoms with E-state index in [1.54, 1.807) is 53.1 Å². The van der Waals surface area contributed by atoms with Crippen LogP contribution in [0, 0.1) is 12.3 Å². The number of nitrogens with zero attached hydrogens (tertiary/aromatic N) is 7. The van der Waals surface area contributed by atoms with Crippen molar-refractivity contribution in [2.24, 2.45) is 12.5 Å². The van der Waals surface area contributed by atoms with Crippen molar-refractivity contribution in [2.45, 2.75) is 71.7 Å². The summed E-state index contributed by atoms with van der Waals surface area (Å²) in [6, 6.07) is 12.6. The lowest BCUT2D eigenvalue weighted by Gasteiger charge is -2.35. The summed E-state index contributed by atoms with van der Waals surface area (Å²) in [6.07, 6.45) is 0.687. The standard InChI is InChI=1S/C50H65N13O11S/c1-30-44(75-29-55-30)32-13-11-31(12-14-32)25-53-47(68)37-23-33(64)27-63(37)49(70)45(50(2,3)4)58-40(66)16-18-73-20-22-74-21-19-72-17-15-39(65)52-26-41(67)57-38-24-36(42(60-59-38)48(69)51-5)56-35-10-8-9-34(43(35)71-7)46-54-28-62(6)61-46/h8-14,24,28-29,33,37,45,64H,15-23,25-27H2,1-7H3,(H,51,69)(H,52,65)(H,53,68)(H,58,66)(H2,56,57,59,67)/t33-,37+,45-/m1/s1. The van der Waals surface area contributed by atoms with Crippen LogP contribution in [0.5, 0.6) is 5.75 Å². The number of aliphatic hydroxyl groups is 1. The predicted molar refractivity (Wildman–Crippen MR) is 277 cm³/mol. The van der Waals surface area contributed by atoms with E-state index >= 15 is 0 Å². The van der Waals surface area contributed by atoms with E-state index in [-0.39, 0.29) is 102 Å². The summed E-state index contributed by atoms with van der Waals surface area (Å²) < 4.78 is 23.8. The van der Waals surface area contributed by atoms with E-state index in [1.165, 1.54) is 25.1 Å². The zero-order valence-corrected chi connectivity index (χ0v) is 43.9. The van der Waals surface area contributed by atoms with E-state index in [2.05, 4.69) is 57.2 Å². The molecule has 25 heteroatoms. The molecule has 7 N–H and O–H groups in total. The average Bonchev–Trinajstić information content (AvgIpc) is 4.14. The van der Waals surface area contributed by atoms with Crippen LogP contribution in [0.3, 0.4) is 0 Å². The number of hydrogen-bond donors (Lipinski definition) is 7. The minimum Gasteiger partial charge on any atom is -0.494 e. The molecule has 2 aromatic carbocycles. The van der Waals surface area contributed by atoms with E-state index in [0.29, 0.717) is 22.8 Å². The topological polar surface area (TPSA) is 304 Å². The summed E-state index contributed by atoms with van der Waals surface area (Å²) in [4.78, 5) is 89.4. The molecule has 0 aliphatic carbocycles. The molecule has 1 fully saturated rings. The number of amides is 6. The molecule has 3 aromatic heterocycles. The molecular formula is C50H65N13O11S. The van der Waals surface area contributed by atoms with Crippen LogP contribution in [0.2, 0.25) is 0 Å². The maximum atomic E-state index is 14.0. The van der Waals surface area contributed by atoms with Gasteiger partial charge in [0.1, 0.15) is 18.4 Å². The van der Waals surface area contributed by atoms with Gasteiger partial charge in [-0.25, -0.2) is 9.97 Å². The van der Waals surface area contributed by atoms with Crippen molar-refractivity contribution in [1.29, 1.82) is 0 Å². The fraction of sp³-hybridized carbons (Fsp3) is 0.460. The number of carbonyl (C=O) groups is 6. The number of rotatable bonds is 26. The predicted octanol–water partition coefficient (Wildman–Crippen LogP) is 2.51. The van der Waals surface area contributed by atoms with Crippen LogP contribution in [0.15, 0.2) is 60.4 Å². The summed E-state index contributed by atoms with van der Waals surface area (Å²) in [5, 5.41) is 39.4. The van der Waals surface area contributed by atoms with Crippen LogP contribution in [-0.2, 0) is 51.8 Å². The number of thiazole rings is 1. The SMILES string of the molecule is CNC(=O)c1nnc(NC(=O)CNC(=O)CCOCCOCCOCCC(=O)N[C@H](C(=O)N2C[C@H](O)C[C@H]2C(=O)NCc2ccc(-c3scnc3C)cc2)C(C)(C)C)cc1Nc1cccc(-c2ncn(C)n2)c1OC. The van der Waals surface area contributed by atoms with Gasteiger partial charge in [0.15, 0.2) is 23.1 Å². The van der Waals surface area contributed by atoms with Crippen LogP contribution in [0.25, 0.3) is 21.8 Å². The number of hydrogen-bond acceptors (Lipinski definition) is 18. The number of aryl methyl sites for hydroxylation is 2. The Morgan fingerprint density at radius 1 is 0.867 bits per heavy atom. The Morgan fingerprint density at radius 3 is 2.19 bits per heavy atom. The van der Waals surface area contributed by atoms with Crippen molar-refractivity contribution in [1.82, 2.24) is 56.1 Å². The van der Waals surface area contributed by atoms with Crippen LogP contribution < -0.4 is 36.6 Å². The third-order valence-corrected chi connectivity index (χ3v) is 12.7. The molecule has 4 heterocycles. The van der Waals surface area contributed by atoms with Gasteiger partial charge in [-0.05, 0) is 35.6 Å². The number of carbonyl (C=O) groups excluding carboxylic acids is 6. The summed E-state index contributed by atoms with van der Waals surface area (Å²) in [6.45, 7) is 8.17. The number of β-amino-alcohol motifs (C(OH)–C–C–N with tert-alkyl or cyclic N) is 1. The monoisotopic (exact) mass is 1060 g/mol. The molecule has 6 rings (SSSR count). The fourth-order valence-electron chi connectivity index (χ4n) is 7.81. The summed E-state index contributed by atoms with van der Waals surface area (Å²) in [5.74, 6) is -1.98. The number of likely N-dealkylation sites (tertiary alicyclic amines) is 1. The normalized spacial score (nSPS) is 14.7. The molecule has 1 aliphatic heterocycles. The maximum Gasteiger partial charge on any atom is 0.273 e. The van der Waals surface area contributed by atoms with Gasteiger partial charge in [0, 0.05) is 52.5 Å². The zero-order valence-electron chi connectivity index (χ0n) is 43.1. The molecule has 0 spiro atoms. The maximum absolute atomic E-state index is 14.0. The molecule has 5 aromatic rings. The average molecular weight is 1060 g/mol. The number of benzene rings is 2. The van der Waals surface area contributed by atoms with Gasteiger partial charge in [0.05, 0.1) is 92.4 Å². The summed E-state index contributed by atoms with van der Waals surface area (Å²) in [7, 11) is 4.67. The second-order valence-corrected chi connectivity index (χ2v) is 19.3. The Hall–Kier alpha value is -7.45. The highest BCUT2D eigenvalue weighted by Crippen LogP contribution is 2.37. The number of nitrogens with one attached hydrogen (secondary N) is 6. The number of anilines is 3. The molecule has 402 valence electrons. The number of aromatic nitrogens is 6. The van der Waals surface area contributed by atoms with Gasteiger partial charge in [-0.3, -0.25) is 33.4 Å². The second-order valence-electron chi connectivity index (χ2n) is 18.4. The van der Waals surface area contributed by atoms with Crippen molar-refractivity contribution in [3.63, 3.8) is 0 Å². The van der Waals surface area contributed by atoms with Gasteiger partial charge in [-0.1, -0.05) is 51.1 Å². The first-order chi connectivity index (χ1) is 35.9. The van der Waals surface area contributed by atoms with Gasteiger partial charge in [-0.15, -0.1) is 21.5 Å². The third kappa shape index (κ3) is 16.3. The number of methoxy groups -OCH3 is 1. The minimum absolute atomic E-state index is 0.0131. The summed E-state index contributed by atoms with van der Waals surface area (Å²) >= 11 is 1.56. The number of ether oxygens (including phenoxy) is 4. The first kappa shape index (κ1) is 56.8. The highest BCUT2D eigenvalue weighted by atomic mass is 32.1.